The Labute approximate surface area is 181 Å². The standard InChI is InChI=1S/C24H29NO6/c1-4-30-21-12-16-11-17(14-26)20(15-27)23(19(16)13-22(21)31-5-2)18-7-6-8-25(24(18)28)9-10-29-3/h6-8,11-13,26-27H,4-5,9-10,14-15H2,1-3H3. The molecule has 166 valence electrons. The molecule has 0 saturated heterocycles. The first-order chi connectivity index (χ1) is 15.1. The van der Waals surface area contributed by atoms with Crippen molar-refractivity contribution in [2.24, 2.45) is 0 Å². The third kappa shape index (κ3) is 4.58. The lowest BCUT2D eigenvalue weighted by molar-refractivity contribution is 0.186. The normalized spacial score (nSPS) is 11.1. The number of hydrogen-bond donors (Lipinski definition) is 2. The van der Waals surface area contributed by atoms with Gasteiger partial charge in [0.25, 0.3) is 5.56 Å². The maximum atomic E-state index is 13.3. The molecular formula is C24H29NO6. The number of pyridine rings is 1. The van der Waals surface area contributed by atoms with E-state index >= 15 is 0 Å². The van der Waals surface area contributed by atoms with Crippen LogP contribution in [-0.4, -0.2) is 41.7 Å². The van der Waals surface area contributed by atoms with Crippen molar-refractivity contribution in [1.29, 1.82) is 0 Å². The van der Waals surface area contributed by atoms with Crippen molar-refractivity contribution in [3.63, 3.8) is 0 Å². The summed E-state index contributed by atoms with van der Waals surface area (Å²) in [6.45, 7) is 4.95. The molecule has 0 amide bonds. The van der Waals surface area contributed by atoms with E-state index < -0.39 is 0 Å². The third-order valence-corrected chi connectivity index (χ3v) is 5.16. The minimum absolute atomic E-state index is 0.197. The molecule has 3 rings (SSSR count). The van der Waals surface area contributed by atoms with Crippen molar-refractivity contribution in [3.05, 3.63) is 58.0 Å². The predicted octanol–water partition coefficient (Wildman–Crippen LogP) is 3.10. The van der Waals surface area contributed by atoms with Gasteiger partial charge in [0.2, 0.25) is 0 Å². The molecule has 0 saturated carbocycles. The molecule has 0 spiro atoms. The number of fused-ring (bicyclic) bond motifs is 1. The Morgan fingerprint density at radius 1 is 1.00 bits per heavy atom. The number of aliphatic hydroxyl groups excluding tert-OH is 2. The number of aromatic nitrogens is 1. The molecular weight excluding hydrogens is 398 g/mol. The summed E-state index contributed by atoms with van der Waals surface area (Å²) < 4.78 is 18.2. The SMILES string of the molecule is CCOc1cc2cc(CO)c(CO)c(-c3cccn(CCOC)c3=O)c2cc1OCC. The highest BCUT2D eigenvalue weighted by molar-refractivity contribution is 6.00. The second-order valence-electron chi connectivity index (χ2n) is 7.00. The third-order valence-electron chi connectivity index (χ3n) is 5.16. The molecule has 7 heteroatoms. The molecule has 2 aromatic carbocycles. The van der Waals surface area contributed by atoms with Crippen molar-refractivity contribution in [3.8, 4) is 22.6 Å². The fraction of sp³-hybridized carbons (Fsp3) is 0.375. The van der Waals surface area contributed by atoms with Crippen LogP contribution in [-0.2, 0) is 24.5 Å². The zero-order chi connectivity index (χ0) is 22.4. The van der Waals surface area contributed by atoms with Crippen molar-refractivity contribution in [2.45, 2.75) is 33.6 Å². The Kier molecular flexibility index (Phi) is 7.68. The average molecular weight is 427 g/mol. The van der Waals surface area contributed by atoms with Gasteiger partial charge >= 0.3 is 0 Å². The molecule has 0 bridgehead atoms. The maximum absolute atomic E-state index is 13.3. The van der Waals surface area contributed by atoms with Gasteiger partial charge in [-0.15, -0.1) is 0 Å². The summed E-state index contributed by atoms with van der Waals surface area (Å²) in [7, 11) is 1.59. The Hall–Kier alpha value is -2.87. The number of methoxy groups -OCH3 is 1. The molecule has 3 aromatic rings. The maximum Gasteiger partial charge on any atom is 0.258 e. The van der Waals surface area contributed by atoms with Gasteiger partial charge in [-0.1, -0.05) is 0 Å². The topological polar surface area (TPSA) is 90.1 Å². The van der Waals surface area contributed by atoms with Gasteiger partial charge < -0.3 is 29.0 Å². The largest absolute Gasteiger partial charge is 0.490 e. The monoisotopic (exact) mass is 427 g/mol. The molecule has 0 unspecified atom stereocenters. The Morgan fingerprint density at radius 3 is 2.32 bits per heavy atom. The number of hydrogen-bond acceptors (Lipinski definition) is 6. The van der Waals surface area contributed by atoms with Gasteiger partial charge in [-0.3, -0.25) is 4.79 Å². The lowest BCUT2D eigenvalue weighted by Crippen LogP contribution is -2.23. The molecule has 1 heterocycles. The van der Waals surface area contributed by atoms with Crippen LogP contribution in [0.3, 0.4) is 0 Å². The highest BCUT2D eigenvalue weighted by atomic mass is 16.5. The van der Waals surface area contributed by atoms with Gasteiger partial charge in [0.05, 0.1) is 33.0 Å². The summed E-state index contributed by atoms with van der Waals surface area (Å²) in [5.74, 6) is 1.16. The Bertz CT molecular complexity index is 1110. The van der Waals surface area contributed by atoms with E-state index in [4.69, 9.17) is 14.2 Å². The minimum Gasteiger partial charge on any atom is -0.490 e. The molecule has 31 heavy (non-hydrogen) atoms. The predicted molar refractivity (Wildman–Crippen MR) is 120 cm³/mol. The van der Waals surface area contributed by atoms with Gasteiger partial charge in [0.1, 0.15) is 0 Å². The molecule has 0 aliphatic rings. The summed E-state index contributed by atoms with van der Waals surface area (Å²) in [6, 6.07) is 9.03. The number of nitrogens with zero attached hydrogens (tertiary/aromatic N) is 1. The second kappa shape index (κ2) is 10.4. The van der Waals surface area contributed by atoms with Gasteiger partial charge in [-0.25, -0.2) is 0 Å². The number of benzene rings is 2. The quantitative estimate of drug-likeness (QED) is 0.517. The van der Waals surface area contributed by atoms with E-state index in [1.165, 1.54) is 0 Å². The smallest absolute Gasteiger partial charge is 0.258 e. The first kappa shape index (κ1) is 22.8. The summed E-state index contributed by atoms with van der Waals surface area (Å²) >= 11 is 0. The highest BCUT2D eigenvalue weighted by Gasteiger charge is 2.20. The van der Waals surface area contributed by atoms with Crippen LogP contribution in [0.15, 0.2) is 41.3 Å². The van der Waals surface area contributed by atoms with E-state index in [9.17, 15) is 15.0 Å². The van der Waals surface area contributed by atoms with Crippen LogP contribution >= 0.6 is 0 Å². The van der Waals surface area contributed by atoms with Crippen molar-refractivity contribution < 1.29 is 24.4 Å². The Morgan fingerprint density at radius 2 is 1.71 bits per heavy atom. The molecule has 0 radical (unpaired) electrons. The van der Waals surface area contributed by atoms with Crippen LogP contribution in [0.2, 0.25) is 0 Å². The lowest BCUT2D eigenvalue weighted by atomic mass is 9.90. The average Bonchev–Trinajstić information content (AvgIpc) is 2.78. The van der Waals surface area contributed by atoms with Gasteiger partial charge in [-0.05, 0) is 66.1 Å². The minimum atomic E-state index is -0.315. The fourth-order valence-corrected chi connectivity index (χ4v) is 3.77. The molecule has 1 aromatic heterocycles. The van der Waals surface area contributed by atoms with E-state index in [-0.39, 0.29) is 18.8 Å². The first-order valence-corrected chi connectivity index (χ1v) is 10.4. The first-order valence-electron chi connectivity index (χ1n) is 10.4. The Balaban J connectivity index is 2.38. The second-order valence-corrected chi connectivity index (χ2v) is 7.00. The van der Waals surface area contributed by atoms with Crippen LogP contribution in [0.25, 0.3) is 21.9 Å². The van der Waals surface area contributed by atoms with Crippen LogP contribution in [0.5, 0.6) is 11.5 Å². The molecule has 0 aliphatic heterocycles. The summed E-state index contributed by atoms with van der Waals surface area (Å²) in [6.07, 6.45) is 1.71. The summed E-state index contributed by atoms with van der Waals surface area (Å²) in [5, 5.41) is 21.7. The fourth-order valence-electron chi connectivity index (χ4n) is 3.77. The number of aliphatic hydroxyl groups is 2. The molecule has 0 atom stereocenters. The van der Waals surface area contributed by atoms with Crippen molar-refractivity contribution >= 4 is 10.8 Å². The number of rotatable bonds is 10. The van der Waals surface area contributed by atoms with Crippen LogP contribution < -0.4 is 15.0 Å². The lowest BCUT2D eigenvalue weighted by Gasteiger charge is -2.19. The van der Waals surface area contributed by atoms with Gasteiger partial charge in [0, 0.05) is 31.0 Å². The van der Waals surface area contributed by atoms with Crippen LogP contribution in [0.4, 0.5) is 0 Å². The zero-order valence-corrected chi connectivity index (χ0v) is 18.2. The molecule has 7 nitrogen and oxygen atoms in total. The van der Waals surface area contributed by atoms with E-state index in [1.807, 2.05) is 32.0 Å². The summed E-state index contributed by atoms with van der Waals surface area (Å²) in [5.41, 5.74) is 1.91. The van der Waals surface area contributed by atoms with E-state index in [2.05, 4.69) is 0 Å². The van der Waals surface area contributed by atoms with Gasteiger partial charge in [-0.2, -0.15) is 0 Å². The highest BCUT2D eigenvalue weighted by Crippen LogP contribution is 2.40. The zero-order valence-electron chi connectivity index (χ0n) is 18.2. The number of ether oxygens (including phenoxy) is 3. The summed E-state index contributed by atoms with van der Waals surface area (Å²) in [4.78, 5) is 13.3. The van der Waals surface area contributed by atoms with Crippen molar-refractivity contribution in [2.75, 3.05) is 26.9 Å². The molecule has 0 aliphatic carbocycles. The molecule has 0 fully saturated rings. The molecule has 2 N–H and O–H groups in total. The van der Waals surface area contributed by atoms with E-state index in [0.717, 1.165) is 10.8 Å². The van der Waals surface area contributed by atoms with E-state index in [1.54, 1.807) is 30.0 Å². The van der Waals surface area contributed by atoms with E-state index in [0.29, 0.717) is 60.1 Å². The van der Waals surface area contributed by atoms with Crippen molar-refractivity contribution in [1.82, 2.24) is 4.57 Å². The van der Waals surface area contributed by atoms with Gasteiger partial charge in [0.15, 0.2) is 11.5 Å². The van der Waals surface area contributed by atoms with Crippen LogP contribution in [0.1, 0.15) is 25.0 Å². The van der Waals surface area contributed by atoms with Crippen LogP contribution in [0, 0.1) is 0 Å².